The highest BCUT2D eigenvalue weighted by Gasteiger charge is 2.07. The number of aromatic nitrogens is 1. The van der Waals surface area contributed by atoms with Crippen molar-refractivity contribution in [1.29, 1.82) is 0 Å². The topological polar surface area (TPSA) is 54.0 Å². The minimum atomic E-state index is -0.365. The van der Waals surface area contributed by atoms with Crippen LogP contribution in [-0.2, 0) is 0 Å². The van der Waals surface area contributed by atoms with E-state index in [-0.39, 0.29) is 11.6 Å². The van der Waals surface area contributed by atoms with E-state index in [0.29, 0.717) is 9.34 Å². The molecule has 1 heterocycles. The van der Waals surface area contributed by atoms with Crippen LogP contribution < -0.4 is 10.9 Å². The number of hydrazine groups is 1. The van der Waals surface area contributed by atoms with Gasteiger partial charge in [0.25, 0.3) is 5.91 Å². The van der Waals surface area contributed by atoms with Crippen LogP contribution >= 0.6 is 35.6 Å². The van der Waals surface area contributed by atoms with E-state index in [9.17, 15) is 4.79 Å². The summed E-state index contributed by atoms with van der Waals surface area (Å²) in [4.78, 5) is 15.6. The van der Waals surface area contributed by atoms with Crippen LogP contribution in [0, 0.1) is 0 Å². The Hall–Kier alpha value is -0.850. The number of carbonyl (C=O) groups is 1. The minimum Gasteiger partial charge on any atom is -0.283 e. The van der Waals surface area contributed by atoms with Crippen molar-refractivity contribution in [3.63, 3.8) is 0 Å². The average molecular weight is 304 g/mol. The number of unbranched alkanes of at least 4 members (excludes halogenated alkanes) is 1. The van der Waals surface area contributed by atoms with Crippen LogP contribution in [0.2, 0.25) is 5.02 Å². The number of hydrogen-bond donors (Lipinski definition) is 2. The van der Waals surface area contributed by atoms with E-state index in [2.05, 4.69) is 22.8 Å². The number of hydrogen-bond acceptors (Lipinski definition) is 4. The molecule has 1 aromatic rings. The lowest BCUT2D eigenvalue weighted by Crippen LogP contribution is -2.40. The van der Waals surface area contributed by atoms with Crippen LogP contribution in [0.5, 0.6) is 0 Å². The number of halogens is 1. The van der Waals surface area contributed by atoms with Crippen LogP contribution in [0.4, 0.5) is 0 Å². The Morgan fingerprint density at radius 3 is 3.00 bits per heavy atom. The van der Waals surface area contributed by atoms with Crippen molar-refractivity contribution in [1.82, 2.24) is 15.8 Å². The van der Waals surface area contributed by atoms with E-state index in [4.69, 9.17) is 23.8 Å². The maximum Gasteiger partial charge on any atom is 0.288 e. The predicted molar refractivity (Wildman–Crippen MR) is 79.8 cm³/mol. The molecule has 1 rings (SSSR count). The summed E-state index contributed by atoms with van der Waals surface area (Å²) in [7, 11) is 0. The first kappa shape index (κ1) is 15.2. The van der Waals surface area contributed by atoms with Gasteiger partial charge in [-0.15, -0.1) is 0 Å². The number of rotatable bonds is 4. The molecule has 0 fully saturated rings. The van der Waals surface area contributed by atoms with E-state index in [1.54, 1.807) is 6.07 Å². The van der Waals surface area contributed by atoms with Gasteiger partial charge in [-0.25, -0.2) is 0 Å². The lowest BCUT2D eigenvalue weighted by Gasteiger charge is -2.08. The van der Waals surface area contributed by atoms with Gasteiger partial charge >= 0.3 is 0 Å². The third-order valence-corrected chi connectivity index (χ3v) is 3.51. The summed E-state index contributed by atoms with van der Waals surface area (Å²) in [5.41, 5.74) is 5.40. The van der Waals surface area contributed by atoms with Crippen molar-refractivity contribution in [2.45, 2.75) is 19.8 Å². The third-order valence-electron chi connectivity index (χ3n) is 1.96. The number of nitrogens with one attached hydrogen (secondary N) is 2. The molecule has 0 aliphatic rings. The Morgan fingerprint density at radius 1 is 1.56 bits per heavy atom. The van der Waals surface area contributed by atoms with Gasteiger partial charge in [-0.1, -0.05) is 48.9 Å². The zero-order valence-electron chi connectivity index (χ0n) is 9.90. The first-order valence-electron chi connectivity index (χ1n) is 5.48. The van der Waals surface area contributed by atoms with E-state index in [0.717, 1.165) is 18.6 Å². The number of nitrogens with zero attached hydrogens (tertiary/aromatic N) is 1. The maximum absolute atomic E-state index is 11.7. The molecule has 0 saturated carbocycles. The second kappa shape index (κ2) is 8.29. The Morgan fingerprint density at radius 2 is 2.33 bits per heavy atom. The van der Waals surface area contributed by atoms with E-state index < -0.39 is 0 Å². The van der Waals surface area contributed by atoms with Crippen molar-refractivity contribution >= 4 is 45.8 Å². The van der Waals surface area contributed by atoms with Gasteiger partial charge in [-0.2, -0.15) is 0 Å². The lowest BCUT2D eigenvalue weighted by molar-refractivity contribution is 0.0939. The van der Waals surface area contributed by atoms with Crippen molar-refractivity contribution in [3.8, 4) is 0 Å². The molecule has 2 N–H and O–H groups in total. The molecule has 1 amide bonds. The third kappa shape index (κ3) is 5.66. The summed E-state index contributed by atoms with van der Waals surface area (Å²) in [5, 5.41) is 0.468. The van der Waals surface area contributed by atoms with E-state index >= 15 is 0 Å². The van der Waals surface area contributed by atoms with Crippen molar-refractivity contribution < 1.29 is 4.79 Å². The summed E-state index contributed by atoms with van der Waals surface area (Å²) in [6.07, 6.45) is 3.69. The van der Waals surface area contributed by atoms with Crippen molar-refractivity contribution in [2.24, 2.45) is 0 Å². The summed E-state index contributed by atoms with van der Waals surface area (Å²) in [5.74, 6) is 0.573. The first-order chi connectivity index (χ1) is 8.63. The van der Waals surface area contributed by atoms with E-state index in [1.165, 1.54) is 24.0 Å². The van der Waals surface area contributed by atoms with Crippen LogP contribution in [-0.4, -0.2) is 21.0 Å². The van der Waals surface area contributed by atoms with Crippen LogP contribution in [0.25, 0.3) is 0 Å². The number of thiocarbonyl (C=S) groups is 1. The Balaban J connectivity index is 2.35. The summed E-state index contributed by atoms with van der Waals surface area (Å²) < 4.78 is 0.541. The van der Waals surface area contributed by atoms with Crippen molar-refractivity contribution in [3.05, 3.63) is 29.0 Å². The molecule has 0 aliphatic carbocycles. The smallest absolute Gasteiger partial charge is 0.283 e. The highest BCUT2D eigenvalue weighted by molar-refractivity contribution is 8.22. The molecule has 18 heavy (non-hydrogen) atoms. The molecule has 1 aromatic heterocycles. The maximum atomic E-state index is 11.7. The van der Waals surface area contributed by atoms with Gasteiger partial charge in [-0.05, 0) is 18.6 Å². The largest absolute Gasteiger partial charge is 0.288 e. The van der Waals surface area contributed by atoms with Gasteiger partial charge in [0.1, 0.15) is 5.69 Å². The molecule has 0 atom stereocenters. The Labute approximate surface area is 121 Å². The van der Waals surface area contributed by atoms with Gasteiger partial charge in [0.2, 0.25) is 0 Å². The zero-order chi connectivity index (χ0) is 13.4. The highest BCUT2D eigenvalue weighted by Crippen LogP contribution is 2.08. The molecule has 98 valence electrons. The number of pyridine rings is 1. The predicted octanol–water partition coefficient (Wildman–Crippen LogP) is 2.79. The Kier molecular flexibility index (Phi) is 7.00. The fraction of sp³-hybridized carbons (Fsp3) is 0.364. The molecule has 4 nitrogen and oxygen atoms in total. The molecule has 0 unspecified atom stereocenters. The lowest BCUT2D eigenvalue weighted by atomic mass is 10.3. The van der Waals surface area contributed by atoms with Gasteiger partial charge in [-0.3, -0.25) is 20.6 Å². The molecular weight excluding hydrogens is 290 g/mol. The summed E-state index contributed by atoms with van der Waals surface area (Å²) in [6, 6.07) is 3.10. The normalized spacial score (nSPS) is 9.89. The van der Waals surface area contributed by atoms with Crippen LogP contribution in [0.1, 0.15) is 30.3 Å². The fourth-order valence-corrected chi connectivity index (χ4v) is 2.25. The van der Waals surface area contributed by atoms with Gasteiger partial charge in [0, 0.05) is 17.0 Å². The summed E-state index contributed by atoms with van der Waals surface area (Å²) >= 11 is 12.3. The Bertz CT molecular complexity index is 429. The summed E-state index contributed by atoms with van der Waals surface area (Å²) in [6.45, 7) is 2.11. The molecule has 0 radical (unpaired) electrons. The standard InChI is InChI=1S/C11H14ClN3OS2/c1-2-3-6-18-11(17)15-14-10(16)9-7-8(12)4-5-13-9/h4-5,7H,2-3,6H2,1H3,(H,14,16)(H,15,17). The fourth-order valence-electron chi connectivity index (χ4n) is 1.05. The van der Waals surface area contributed by atoms with Gasteiger partial charge in [0.15, 0.2) is 4.32 Å². The molecular formula is C11H14ClN3OS2. The van der Waals surface area contributed by atoms with Crippen LogP contribution in [0.15, 0.2) is 18.3 Å². The molecule has 0 bridgehead atoms. The minimum absolute atomic E-state index is 0.247. The van der Waals surface area contributed by atoms with Crippen molar-refractivity contribution in [2.75, 3.05) is 5.75 Å². The molecule has 7 heteroatoms. The molecule has 0 saturated heterocycles. The van der Waals surface area contributed by atoms with E-state index in [1.807, 2.05) is 0 Å². The number of carbonyl (C=O) groups excluding carboxylic acids is 1. The first-order valence-corrected chi connectivity index (χ1v) is 7.25. The highest BCUT2D eigenvalue weighted by atomic mass is 35.5. The quantitative estimate of drug-likeness (QED) is 0.509. The second-order valence-electron chi connectivity index (χ2n) is 3.43. The number of thioether (sulfide) groups is 1. The SMILES string of the molecule is CCCCSC(=S)NNC(=O)c1cc(Cl)ccn1. The zero-order valence-corrected chi connectivity index (χ0v) is 12.3. The monoisotopic (exact) mass is 303 g/mol. The average Bonchev–Trinajstić information content (AvgIpc) is 2.36. The second-order valence-corrected chi connectivity index (χ2v) is 5.64. The molecule has 0 spiro atoms. The molecule has 0 aromatic carbocycles. The van der Waals surface area contributed by atoms with Crippen LogP contribution in [0.3, 0.4) is 0 Å². The van der Waals surface area contributed by atoms with Gasteiger partial charge in [0.05, 0.1) is 0 Å². The van der Waals surface area contributed by atoms with Gasteiger partial charge < -0.3 is 0 Å². The molecule has 0 aliphatic heterocycles. The number of amides is 1.